The molecule has 1 atom stereocenters. The first-order chi connectivity index (χ1) is 13.6. The Morgan fingerprint density at radius 1 is 1.21 bits per heavy atom. The first-order valence-electron chi connectivity index (χ1n) is 9.26. The number of amides is 1. The van der Waals surface area contributed by atoms with Crippen LogP contribution in [0.2, 0.25) is 5.02 Å². The van der Waals surface area contributed by atoms with Crippen molar-refractivity contribution in [2.24, 2.45) is 0 Å². The average molecular weight is 455 g/mol. The number of carbonyl (C=O) groups excluding carboxylic acids is 1. The average Bonchev–Trinajstić information content (AvgIpc) is 2.63. The lowest BCUT2D eigenvalue weighted by molar-refractivity contribution is -0.121. The Hall–Kier alpha value is -1.70. The monoisotopic (exact) mass is 454 g/mol. The van der Waals surface area contributed by atoms with Crippen LogP contribution in [0.4, 0.5) is 5.69 Å². The second-order valence-electron chi connectivity index (χ2n) is 7.00. The van der Waals surface area contributed by atoms with E-state index in [0.29, 0.717) is 17.3 Å². The fourth-order valence-electron chi connectivity index (χ4n) is 2.99. The van der Waals surface area contributed by atoms with Gasteiger partial charge in [-0.25, -0.2) is 8.42 Å². The van der Waals surface area contributed by atoms with Crippen molar-refractivity contribution in [3.63, 3.8) is 0 Å². The van der Waals surface area contributed by atoms with Crippen molar-refractivity contribution in [1.29, 1.82) is 0 Å². The number of anilines is 1. The molecule has 0 aromatic heterocycles. The second kappa shape index (κ2) is 10.4. The predicted octanol–water partition coefficient (Wildman–Crippen LogP) is 4.16. The molecule has 0 saturated carbocycles. The Morgan fingerprint density at radius 3 is 2.59 bits per heavy atom. The molecule has 2 aromatic carbocycles. The van der Waals surface area contributed by atoms with Crippen molar-refractivity contribution in [1.82, 2.24) is 5.32 Å². The van der Waals surface area contributed by atoms with E-state index in [1.165, 1.54) is 11.1 Å². The maximum Gasteiger partial charge on any atom is 0.243 e. The Morgan fingerprint density at radius 2 is 1.93 bits per heavy atom. The number of rotatable bonds is 9. The molecule has 0 bridgehead atoms. The first kappa shape index (κ1) is 23.6. The number of nitrogens with one attached hydrogen (secondary N) is 1. The summed E-state index contributed by atoms with van der Waals surface area (Å²) in [6.45, 7) is 5.89. The maximum atomic E-state index is 12.6. The Labute approximate surface area is 182 Å². The van der Waals surface area contributed by atoms with E-state index in [1.807, 2.05) is 6.07 Å². The molecule has 0 fully saturated rings. The van der Waals surface area contributed by atoms with E-state index in [4.69, 9.17) is 11.6 Å². The van der Waals surface area contributed by atoms with Gasteiger partial charge in [0.2, 0.25) is 15.9 Å². The number of halogens is 1. The topological polar surface area (TPSA) is 66.5 Å². The SMILES string of the molecule is Cc1cccc(CSCCNC(=O)[C@@H](C)N(c2cc(Cl)ccc2C)S(C)(=O)=O)c1. The molecule has 0 aliphatic heterocycles. The summed E-state index contributed by atoms with van der Waals surface area (Å²) in [6, 6.07) is 12.4. The van der Waals surface area contributed by atoms with Gasteiger partial charge in [-0.1, -0.05) is 47.5 Å². The zero-order chi connectivity index (χ0) is 21.6. The van der Waals surface area contributed by atoms with Gasteiger partial charge in [-0.15, -0.1) is 0 Å². The molecular formula is C21H27ClN2O3S2. The number of benzene rings is 2. The maximum absolute atomic E-state index is 12.6. The van der Waals surface area contributed by atoms with Crippen LogP contribution in [-0.4, -0.2) is 38.9 Å². The molecule has 0 aliphatic rings. The van der Waals surface area contributed by atoms with Crippen LogP contribution in [0.5, 0.6) is 0 Å². The fourth-order valence-corrected chi connectivity index (χ4v) is 5.18. The van der Waals surface area contributed by atoms with Crippen molar-refractivity contribution < 1.29 is 13.2 Å². The third-order valence-electron chi connectivity index (χ3n) is 4.39. The molecule has 8 heteroatoms. The zero-order valence-electron chi connectivity index (χ0n) is 17.1. The van der Waals surface area contributed by atoms with Gasteiger partial charge in [0.05, 0.1) is 11.9 Å². The quantitative estimate of drug-likeness (QED) is 0.577. The van der Waals surface area contributed by atoms with Gasteiger partial charge in [-0.2, -0.15) is 11.8 Å². The smallest absolute Gasteiger partial charge is 0.243 e. The van der Waals surface area contributed by atoms with Crippen molar-refractivity contribution in [2.45, 2.75) is 32.6 Å². The van der Waals surface area contributed by atoms with Crippen LogP contribution in [0.3, 0.4) is 0 Å². The van der Waals surface area contributed by atoms with E-state index in [1.54, 1.807) is 43.8 Å². The minimum Gasteiger partial charge on any atom is -0.353 e. The summed E-state index contributed by atoms with van der Waals surface area (Å²) < 4.78 is 25.9. The molecule has 0 radical (unpaired) electrons. The highest BCUT2D eigenvalue weighted by molar-refractivity contribution is 7.98. The molecule has 0 unspecified atom stereocenters. The lowest BCUT2D eigenvalue weighted by Crippen LogP contribution is -2.48. The summed E-state index contributed by atoms with van der Waals surface area (Å²) in [7, 11) is -3.67. The molecule has 0 heterocycles. The summed E-state index contributed by atoms with van der Waals surface area (Å²) in [6.07, 6.45) is 1.09. The van der Waals surface area contributed by atoms with Crippen molar-refractivity contribution >= 4 is 45.0 Å². The minimum atomic E-state index is -3.67. The molecule has 2 aromatic rings. The molecule has 1 N–H and O–H groups in total. The number of thioether (sulfide) groups is 1. The number of carbonyl (C=O) groups is 1. The third kappa shape index (κ3) is 6.94. The summed E-state index contributed by atoms with van der Waals surface area (Å²) in [5.74, 6) is 1.26. The third-order valence-corrected chi connectivity index (χ3v) is 6.89. The van der Waals surface area contributed by atoms with E-state index in [2.05, 4.69) is 30.4 Å². The number of hydrogen-bond acceptors (Lipinski definition) is 4. The molecule has 1 amide bonds. The van der Waals surface area contributed by atoms with E-state index >= 15 is 0 Å². The van der Waals surface area contributed by atoms with E-state index in [9.17, 15) is 13.2 Å². The second-order valence-corrected chi connectivity index (χ2v) is 10.4. The highest BCUT2D eigenvalue weighted by Crippen LogP contribution is 2.28. The van der Waals surface area contributed by atoms with Gasteiger partial charge in [0.25, 0.3) is 0 Å². The van der Waals surface area contributed by atoms with Crippen LogP contribution in [0, 0.1) is 13.8 Å². The highest BCUT2D eigenvalue weighted by atomic mass is 35.5. The normalized spacial score (nSPS) is 12.4. The van der Waals surface area contributed by atoms with Gasteiger partial charge in [0.15, 0.2) is 0 Å². The highest BCUT2D eigenvalue weighted by Gasteiger charge is 2.30. The van der Waals surface area contributed by atoms with Crippen molar-refractivity contribution in [3.8, 4) is 0 Å². The lowest BCUT2D eigenvalue weighted by Gasteiger charge is -2.29. The molecule has 0 aliphatic carbocycles. The van der Waals surface area contributed by atoms with Crippen LogP contribution < -0.4 is 9.62 Å². The molecule has 5 nitrogen and oxygen atoms in total. The number of aryl methyl sites for hydroxylation is 2. The number of hydrogen-bond donors (Lipinski definition) is 1. The fraction of sp³-hybridized carbons (Fsp3) is 0.381. The van der Waals surface area contributed by atoms with Gasteiger partial charge in [-0.3, -0.25) is 9.10 Å². The molecule has 0 saturated heterocycles. The Bertz CT molecular complexity index is 964. The molecule has 2 rings (SSSR count). The zero-order valence-corrected chi connectivity index (χ0v) is 19.5. The summed E-state index contributed by atoms with van der Waals surface area (Å²) >= 11 is 7.77. The van der Waals surface area contributed by atoms with Crippen LogP contribution in [0.15, 0.2) is 42.5 Å². The minimum absolute atomic E-state index is 0.342. The molecule has 158 valence electrons. The number of sulfonamides is 1. The predicted molar refractivity (Wildman–Crippen MR) is 123 cm³/mol. The van der Waals surface area contributed by atoms with Crippen molar-refractivity contribution in [3.05, 3.63) is 64.2 Å². The van der Waals surface area contributed by atoms with E-state index < -0.39 is 16.1 Å². The Kier molecular flexibility index (Phi) is 8.43. The number of nitrogens with zero attached hydrogens (tertiary/aromatic N) is 1. The molecular weight excluding hydrogens is 428 g/mol. The largest absolute Gasteiger partial charge is 0.353 e. The Balaban J connectivity index is 1.96. The van der Waals surface area contributed by atoms with E-state index in [-0.39, 0.29) is 5.91 Å². The van der Waals surface area contributed by atoms with Crippen LogP contribution in [-0.2, 0) is 20.6 Å². The van der Waals surface area contributed by atoms with Gasteiger partial charge < -0.3 is 5.32 Å². The van der Waals surface area contributed by atoms with Crippen LogP contribution in [0.1, 0.15) is 23.6 Å². The van der Waals surface area contributed by atoms with Gasteiger partial charge in [0, 0.05) is 23.1 Å². The van der Waals surface area contributed by atoms with Crippen LogP contribution in [0.25, 0.3) is 0 Å². The van der Waals surface area contributed by atoms with Crippen molar-refractivity contribution in [2.75, 3.05) is 22.9 Å². The summed E-state index contributed by atoms with van der Waals surface area (Å²) in [5, 5.41) is 3.25. The van der Waals surface area contributed by atoms with Gasteiger partial charge in [-0.05, 0) is 44.0 Å². The van der Waals surface area contributed by atoms with Gasteiger partial charge in [0.1, 0.15) is 6.04 Å². The molecule has 29 heavy (non-hydrogen) atoms. The van der Waals surface area contributed by atoms with Gasteiger partial charge >= 0.3 is 0 Å². The summed E-state index contributed by atoms with van der Waals surface area (Å²) in [5.41, 5.74) is 3.61. The molecule has 0 spiro atoms. The lowest BCUT2D eigenvalue weighted by atomic mass is 10.2. The van der Waals surface area contributed by atoms with Crippen LogP contribution >= 0.6 is 23.4 Å². The standard InChI is InChI=1S/C21H27ClN2O3S2/c1-15-6-5-7-18(12-15)14-28-11-10-23-21(25)17(3)24(29(4,26)27)20-13-19(22)9-8-16(20)2/h5-9,12-13,17H,10-11,14H2,1-4H3,(H,23,25)/t17-/m1/s1. The van der Waals surface area contributed by atoms with E-state index in [0.717, 1.165) is 27.6 Å². The first-order valence-corrected chi connectivity index (χ1v) is 12.6. The summed E-state index contributed by atoms with van der Waals surface area (Å²) in [4.78, 5) is 12.6.